The van der Waals surface area contributed by atoms with Gasteiger partial charge in [-0.3, -0.25) is 0 Å². The number of halogens is 1. The third-order valence-electron chi connectivity index (χ3n) is 2.33. The SMILES string of the molecule is CSc1c(F)cc(CC(C)(C)N)cc1S(C)(=O)=O. The summed E-state index contributed by atoms with van der Waals surface area (Å²) < 4.78 is 37.2. The Balaban J connectivity index is 3.41. The van der Waals surface area contributed by atoms with Gasteiger partial charge < -0.3 is 5.73 Å². The second-order valence-corrected chi connectivity index (χ2v) is 7.85. The van der Waals surface area contributed by atoms with Crippen LogP contribution >= 0.6 is 11.8 Å². The first kappa shape index (κ1) is 15.5. The fraction of sp³-hybridized carbons (Fsp3) is 0.500. The molecular formula is C12H18FNO2S2. The molecule has 102 valence electrons. The summed E-state index contributed by atoms with van der Waals surface area (Å²) >= 11 is 1.09. The van der Waals surface area contributed by atoms with E-state index in [0.717, 1.165) is 18.0 Å². The number of sulfone groups is 1. The third kappa shape index (κ3) is 3.96. The van der Waals surface area contributed by atoms with Gasteiger partial charge in [0.1, 0.15) is 5.82 Å². The Bertz CT molecular complexity index is 548. The van der Waals surface area contributed by atoms with Gasteiger partial charge in [-0.25, -0.2) is 12.8 Å². The Morgan fingerprint density at radius 3 is 2.33 bits per heavy atom. The Morgan fingerprint density at radius 1 is 1.39 bits per heavy atom. The van der Waals surface area contributed by atoms with Crippen molar-refractivity contribution in [1.82, 2.24) is 0 Å². The van der Waals surface area contributed by atoms with Crippen LogP contribution in [0.4, 0.5) is 4.39 Å². The van der Waals surface area contributed by atoms with E-state index in [-0.39, 0.29) is 9.79 Å². The average molecular weight is 291 g/mol. The van der Waals surface area contributed by atoms with Crippen molar-refractivity contribution in [3.05, 3.63) is 23.5 Å². The van der Waals surface area contributed by atoms with Crippen molar-refractivity contribution in [2.75, 3.05) is 12.5 Å². The molecular weight excluding hydrogens is 273 g/mol. The number of nitrogens with two attached hydrogens (primary N) is 1. The molecule has 0 bridgehead atoms. The van der Waals surface area contributed by atoms with Crippen LogP contribution in [0.15, 0.2) is 21.9 Å². The molecule has 0 aliphatic heterocycles. The minimum atomic E-state index is -3.45. The maximum absolute atomic E-state index is 13.9. The summed E-state index contributed by atoms with van der Waals surface area (Å²) in [6, 6.07) is 2.87. The van der Waals surface area contributed by atoms with E-state index < -0.39 is 21.2 Å². The quantitative estimate of drug-likeness (QED) is 0.864. The Kier molecular flexibility index (Phi) is 4.46. The molecule has 2 N–H and O–H groups in total. The normalized spacial score (nSPS) is 12.8. The fourth-order valence-corrected chi connectivity index (χ4v) is 3.74. The number of hydrogen-bond acceptors (Lipinski definition) is 4. The van der Waals surface area contributed by atoms with E-state index in [1.54, 1.807) is 6.26 Å². The Labute approximate surface area is 112 Å². The lowest BCUT2D eigenvalue weighted by atomic mass is 9.96. The molecule has 1 aromatic carbocycles. The van der Waals surface area contributed by atoms with Crippen molar-refractivity contribution in [2.45, 2.75) is 35.6 Å². The summed E-state index contributed by atoms with van der Waals surface area (Å²) in [5.41, 5.74) is 5.95. The van der Waals surface area contributed by atoms with Crippen LogP contribution in [0.2, 0.25) is 0 Å². The van der Waals surface area contributed by atoms with E-state index in [9.17, 15) is 12.8 Å². The van der Waals surface area contributed by atoms with Gasteiger partial charge in [0.25, 0.3) is 0 Å². The fourth-order valence-electron chi connectivity index (χ4n) is 1.72. The summed E-state index contributed by atoms with van der Waals surface area (Å²) in [6.45, 7) is 3.63. The van der Waals surface area contributed by atoms with Gasteiger partial charge in [0.2, 0.25) is 0 Å². The first-order chi connectivity index (χ1) is 8.04. The van der Waals surface area contributed by atoms with Crippen LogP contribution in [0.1, 0.15) is 19.4 Å². The molecule has 3 nitrogen and oxygen atoms in total. The lowest BCUT2D eigenvalue weighted by Gasteiger charge is -2.19. The monoisotopic (exact) mass is 291 g/mol. The first-order valence-electron chi connectivity index (χ1n) is 5.40. The predicted molar refractivity (Wildman–Crippen MR) is 73.3 cm³/mol. The van der Waals surface area contributed by atoms with Gasteiger partial charge in [0, 0.05) is 11.8 Å². The number of thioether (sulfide) groups is 1. The number of benzene rings is 1. The molecule has 0 unspecified atom stereocenters. The molecule has 0 spiro atoms. The smallest absolute Gasteiger partial charge is 0.176 e. The maximum Gasteiger partial charge on any atom is 0.176 e. The van der Waals surface area contributed by atoms with Gasteiger partial charge in [-0.2, -0.15) is 0 Å². The van der Waals surface area contributed by atoms with Crippen molar-refractivity contribution in [1.29, 1.82) is 0 Å². The van der Waals surface area contributed by atoms with E-state index in [0.29, 0.717) is 12.0 Å². The molecule has 1 rings (SSSR count). The molecule has 0 aliphatic carbocycles. The molecule has 0 heterocycles. The van der Waals surface area contributed by atoms with Crippen LogP contribution in [0.5, 0.6) is 0 Å². The maximum atomic E-state index is 13.9. The molecule has 0 aliphatic rings. The summed E-state index contributed by atoms with van der Waals surface area (Å²) in [5, 5.41) is 0. The lowest BCUT2D eigenvalue weighted by Crippen LogP contribution is -2.34. The van der Waals surface area contributed by atoms with Crippen molar-refractivity contribution in [2.24, 2.45) is 5.73 Å². The van der Waals surface area contributed by atoms with Gasteiger partial charge in [-0.1, -0.05) is 0 Å². The van der Waals surface area contributed by atoms with E-state index in [1.165, 1.54) is 12.1 Å². The first-order valence-corrected chi connectivity index (χ1v) is 8.51. The summed E-state index contributed by atoms with van der Waals surface area (Å²) in [6.07, 6.45) is 3.15. The summed E-state index contributed by atoms with van der Waals surface area (Å²) in [4.78, 5) is 0.199. The van der Waals surface area contributed by atoms with Crippen LogP contribution in [0.25, 0.3) is 0 Å². The highest BCUT2D eigenvalue weighted by Gasteiger charge is 2.20. The molecule has 0 aromatic heterocycles. The van der Waals surface area contributed by atoms with Crippen LogP contribution < -0.4 is 5.73 Å². The number of rotatable bonds is 4. The Morgan fingerprint density at radius 2 is 1.94 bits per heavy atom. The molecule has 1 aromatic rings. The van der Waals surface area contributed by atoms with E-state index in [2.05, 4.69) is 0 Å². The Hall–Kier alpha value is -0.590. The van der Waals surface area contributed by atoms with Crippen molar-refractivity contribution < 1.29 is 12.8 Å². The van der Waals surface area contributed by atoms with Crippen molar-refractivity contribution in [3.8, 4) is 0 Å². The van der Waals surface area contributed by atoms with Crippen LogP contribution in [-0.4, -0.2) is 26.5 Å². The zero-order valence-corrected chi connectivity index (χ0v) is 12.6. The number of hydrogen-bond donors (Lipinski definition) is 1. The zero-order chi connectivity index (χ0) is 14.1. The molecule has 0 saturated carbocycles. The standard InChI is InChI=1S/C12H18FNO2S2/c1-12(2,14)7-8-5-9(13)11(17-3)10(6-8)18(4,15)16/h5-6H,7,14H2,1-4H3. The molecule has 0 saturated heterocycles. The second-order valence-electron chi connectivity index (χ2n) is 5.05. The van der Waals surface area contributed by atoms with Gasteiger partial charge in [0.05, 0.1) is 9.79 Å². The van der Waals surface area contributed by atoms with E-state index >= 15 is 0 Å². The van der Waals surface area contributed by atoms with Gasteiger partial charge >= 0.3 is 0 Å². The van der Waals surface area contributed by atoms with Gasteiger partial charge in [-0.15, -0.1) is 11.8 Å². The van der Waals surface area contributed by atoms with E-state index in [4.69, 9.17) is 5.73 Å². The highest BCUT2D eigenvalue weighted by atomic mass is 32.2. The van der Waals surface area contributed by atoms with Crippen LogP contribution in [0.3, 0.4) is 0 Å². The van der Waals surface area contributed by atoms with Crippen molar-refractivity contribution >= 4 is 21.6 Å². The molecule has 0 amide bonds. The summed E-state index contributed by atoms with van der Waals surface area (Å²) in [7, 11) is -3.45. The van der Waals surface area contributed by atoms with Gasteiger partial charge in [-0.05, 0) is 44.2 Å². The predicted octanol–water partition coefficient (Wildman–Crippen LogP) is 2.23. The van der Waals surface area contributed by atoms with Crippen LogP contribution in [0, 0.1) is 5.82 Å². The highest BCUT2D eigenvalue weighted by Crippen LogP contribution is 2.30. The van der Waals surface area contributed by atoms with E-state index in [1.807, 2.05) is 13.8 Å². The largest absolute Gasteiger partial charge is 0.325 e. The average Bonchev–Trinajstić information content (AvgIpc) is 2.12. The van der Waals surface area contributed by atoms with Crippen LogP contribution in [-0.2, 0) is 16.3 Å². The minimum absolute atomic E-state index is 0.0363. The molecule has 0 radical (unpaired) electrons. The third-order valence-corrected chi connectivity index (χ3v) is 4.41. The molecule has 0 fully saturated rings. The lowest BCUT2D eigenvalue weighted by molar-refractivity contribution is 0.510. The topological polar surface area (TPSA) is 60.2 Å². The second kappa shape index (κ2) is 5.19. The molecule has 0 atom stereocenters. The minimum Gasteiger partial charge on any atom is -0.325 e. The highest BCUT2D eigenvalue weighted by molar-refractivity contribution is 7.99. The van der Waals surface area contributed by atoms with Gasteiger partial charge in [0.15, 0.2) is 9.84 Å². The van der Waals surface area contributed by atoms with Crippen molar-refractivity contribution in [3.63, 3.8) is 0 Å². The summed E-state index contributed by atoms with van der Waals surface area (Å²) in [5.74, 6) is -0.510. The molecule has 6 heteroatoms. The molecule has 18 heavy (non-hydrogen) atoms. The zero-order valence-electron chi connectivity index (χ0n) is 11.0.